The summed E-state index contributed by atoms with van der Waals surface area (Å²) in [5.41, 5.74) is 0.447. The van der Waals surface area contributed by atoms with Gasteiger partial charge in [0, 0.05) is 24.7 Å². The molecule has 1 N–H and O–H groups in total. The topological polar surface area (TPSA) is 49.4 Å². The first kappa shape index (κ1) is 15.3. The normalized spacial score (nSPS) is 22.4. The van der Waals surface area contributed by atoms with Crippen molar-refractivity contribution in [3.05, 3.63) is 29.0 Å². The van der Waals surface area contributed by atoms with Gasteiger partial charge < -0.3 is 10.2 Å². The van der Waals surface area contributed by atoms with Crippen molar-refractivity contribution in [1.82, 2.24) is 4.90 Å². The van der Waals surface area contributed by atoms with Crippen LogP contribution in [-0.2, 0) is 9.59 Å². The SMILES string of the molecule is O=C(Nc1ccc(F)c(Cl)c1)C1CC(=O)N(C2CCCC2)C1. The minimum absolute atomic E-state index is 0.0344. The number of likely N-dealkylation sites (tertiary alicyclic amines) is 1. The molecule has 1 unspecified atom stereocenters. The van der Waals surface area contributed by atoms with Gasteiger partial charge in [-0.3, -0.25) is 9.59 Å². The predicted molar refractivity (Wildman–Crippen MR) is 82.1 cm³/mol. The molecule has 2 aliphatic rings. The molecule has 0 bridgehead atoms. The van der Waals surface area contributed by atoms with E-state index < -0.39 is 5.82 Å². The zero-order valence-corrected chi connectivity index (χ0v) is 12.9. The van der Waals surface area contributed by atoms with Gasteiger partial charge in [-0.25, -0.2) is 4.39 Å². The van der Waals surface area contributed by atoms with Crippen LogP contribution >= 0.6 is 11.6 Å². The summed E-state index contributed by atoms with van der Waals surface area (Å²) in [6.07, 6.45) is 4.62. The molecule has 1 aromatic rings. The van der Waals surface area contributed by atoms with Gasteiger partial charge in [-0.15, -0.1) is 0 Å². The van der Waals surface area contributed by atoms with Gasteiger partial charge >= 0.3 is 0 Å². The first-order chi connectivity index (χ1) is 10.5. The van der Waals surface area contributed by atoms with Crippen molar-refractivity contribution in [2.24, 2.45) is 5.92 Å². The Kier molecular flexibility index (Phi) is 4.34. The van der Waals surface area contributed by atoms with Gasteiger partial charge in [0.05, 0.1) is 10.9 Å². The van der Waals surface area contributed by atoms with Crippen LogP contribution in [0.25, 0.3) is 0 Å². The summed E-state index contributed by atoms with van der Waals surface area (Å²) in [7, 11) is 0. The van der Waals surface area contributed by atoms with E-state index >= 15 is 0 Å². The van der Waals surface area contributed by atoms with Crippen molar-refractivity contribution in [2.45, 2.75) is 38.1 Å². The monoisotopic (exact) mass is 324 g/mol. The number of hydrogen-bond donors (Lipinski definition) is 1. The second kappa shape index (κ2) is 6.24. The summed E-state index contributed by atoms with van der Waals surface area (Å²) in [5.74, 6) is -1.03. The molecule has 3 rings (SSSR count). The number of benzene rings is 1. The first-order valence-electron chi connectivity index (χ1n) is 7.60. The van der Waals surface area contributed by atoms with Gasteiger partial charge in [-0.1, -0.05) is 24.4 Å². The van der Waals surface area contributed by atoms with Crippen molar-refractivity contribution < 1.29 is 14.0 Å². The maximum Gasteiger partial charge on any atom is 0.229 e. The summed E-state index contributed by atoms with van der Waals surface area (Å²) < 4.78 is 13.1. The van der Waals surface area contributed by atoms with Crippen LogP contribution in [0, 0.1) is 11.7 Å². The van der Waals surface area contributed by atoms with Crippen LogP contribution in [0.1, 0.15) is 32.1 Å². The average Bonchev–Trinajstić information content (AvgIpc) is 3.12. The van der Waals surface area contributed by atoms with Crippen LogP contribution in [0.4, 0.5) is 10.1 Å². The number of carbonyl (C=O) groups excluding carboxylic acids is 2. The molecule has 0 radical (unpaired) electrons. The van der Waals surface area contributed by atoms with E-state index in [0.29, 0.717) is 18.3 Å². The second-order valence-corrected chi connectivity index (χ2v) is 6.41. The molecule has 1 heterocycles. The maximum atomic E-state index is 13.1. The van der Waals surface area contributed by atoms with E-state index in [2.05, 4.69) is 5.32 Å². The lowest BCUT2D eigenvalue weighted by Gasteiger charge is -2.23. The minimum Gasteiger partial charge on any atom is -0.339 e. The number of amides is 2. The highest BCUT2D eigenvalue weighted by Gasteiger charge is 2.38. The summed E-state index contributed by atoms with van der Waals surface area (Å²) >= 11 is 5.70. The number of halogens is 2. The third-order valence-electron chi connectivity index (χ3n) is 4.48. The molecular formula is C16H18ClFN2O2. The number of rotatable bonds is 3. The summed E-state index contributed by atoms with van der Waals surface area (Å²) in [6.45, 7) is 0.476. The maximum absolute atomic E-state index is 13.1. The Morgan fingerprint density at radius 1 is 1.32 bits per heavy atom. The van der Waals surface area contributed by atoms with E-state index in [9.17, 15) is 14.0 Å². The molecule has 1 aromatic carbocycles. The summed E-state index contributed by atoms with van der Waals surface area (Å²) in [6, 6.07) is 4.35. The quantitative estimate of drug-likeness (QED) is 0.928. The first-order valence-corrected chi connectivity index (χ1v) is 7.98. The number of anilines is 1. The van der Waals surface area contributed by atoms with Crippen LogP contribution < -0.4 is 5.32 Å². The van der Waals surface area contributed by atoms with E-state index in [-0.39, 0.29) is 29.2 Å². The third kappa shape index (κ3) is 3.09. The largest absolute Gasteiger partial charge is 0.339 e. The molecule has 0 spiro atoms. The van der Waals surface area contributed by atoms with Crippen molar-refractivity contribution >= 4 is 29.1 Å². The fraction of sp³-hybridized carbons (Fsp3) is 0.500. The van der Waals surface area contributed by atoms with Crippen LogP contribution in [0.3, 0.4) is 0 Å². The van der Waals surface area contributed by atoms with Crippen molar-refractivity contribution in [3.8, 4) is 0 Å². The predicted octanol–water partition coefficient (Wildman–Crippen LogP) is 3.21. The molecule has 2 amide bonds. The lowest BCUT2D eigenvalue weighted by atomic mass is 10.1. The standard InChI is InChI=1S/C16H18ClFN2O2/c17-13-8-11(5-6-14(13)18)19-16(22)10-7-15(21)20(9-10)12-3-1-2-4-12/h5-6,8,10,12H,1-4,7,9H2,(H,19,22). The lowest BCUT2D eigenvalue weighted by molar-refractivity contribution is -0.129. The van der Waals surface area contributed by atoms with Crippen molar-refractivity contribution in [2.75, 3.05) is 11.9 Å². The Labute approximate surface area is 133 Å². The number of nitrogens with zero attached hydrogens (tertiary/aromatic N) is 1. The highest BCUT2D eigenvalue weighted by atomic mass is 35.5. The molecule has 1 atom stereocenters. The van der Waals surface area contributed by atoms with Gasteiger partial charge in [-0.2, -0.15) is 0 Å². The average molecular weight is 325 g/mol. The molecule has 6 heteroatoms. The van der Waals surface area contributed by atoms with Crippen LogP contribution in [0.15, 0.2) is 18.2 Å². The van der Waals surface area contributed by atoms with Crippen molar-refractivity contribution in [3.63, 3.8) is 0 Å². The number of carbonyl (C=O) groups is 2. The van der Waals surface area contributed by atoms with Crippen LogP contribution in [0.5, 0.6) is 0 Å². The zero-order valence-electron chi connectivity index (χ0n) is 12.1. The van der Waals surface area contributed by atoms with Gasteiger partial charge in [0.2, 0.25) is 11.8 Å². The Hall–Kier alpha value is -1.62. The Bertz CT molecular complexity index is 602. The van der Waals surface area contributed by atoms with E-state index in [1.807, 2.05) is 4.90 Å². The molecular weight excluding hydrogens is 307 g/mol. The highest BCUT2D eigenvalue weighted by Crippen LogP contribution is 2.30. The van der Waals surface area contributed by atoms with Crippen LogP contribution in [-0.4, -0.2) is 29.3 Å². The molecule has 1 saturated heterocycles. The van der Waals surface area contributed by atoms with E-state index in [1.54, 1.807) is 0 Å². The zero-order chi connectivity index (χ0) is 15.7. The molecule has 1 aliphatic carbocycles. The highest BCUT2D eigenvalue weighted by molar-refractivity contribution is 6.31. The molecule has 1 saturated carbocycles. The van der Waals surface area contributed by atoms with Crippen LogP contribution in [0.2, 0.25) is 5.02 Å². The van der Waals surface area contributed by atoms with Gasteiger partial charge in [0.25, 0.3) is 0 Å². The molecule has 22 heavy (non-hydrogen) atoms. The van der Waals surface area contributed by atoms with E-state index in [0.717, 1.165) is 25.7 Å². The van der Waals surface area contributed by atoms with E-state index in [4.69, 9.17) is 11.6 Å². The molecule has 118 valence electrons. The van der Waals surface area contributed by atoms with Gasteiger partial charge in [0.15, 0.2) is 0 Å². The van der Waals surface area contributed by atoms with Crippen molar-refractivity contribution in [1.29, 1.82) is 0 Å². The Morgan fingerprint density at radius 3 is 2.73 bits per heavy atom. The Balaban J connectivity index is 1.63. The fourth-order valence-corrected chi connectivity index (χ4v) is 3.47. The number of nitrogens with one attached hydrogen (secondary N) is 1. The van der Waals surface area contributed by atoms with Gasteiger partial charge in [-0.05, 0) is 31.0 Å². The molecule has 4 nitrogen and oxygen atoms in total. The fourth-order valence-electron chi connectivity index (χ4n) is 3.29. The third-order valence-corrected chi connectivity index (χ3v) is 4.77. The summed E-state index contributed by atoms with van der Waals surface area (Å²) in [5, 5.41) is 2.68. The van der Waals surface area contributed by atoms with Gasteiger partial charge in [0.1, 0.15) is 5.82 Å². The molecule has 0 aromatic heterocycles. The summed E-state index contributed by atoms with van der Waals surface area (Å²) in [4.78, 5) is 26.2. The number of hydrogen-bond acceptors (Lipinski definition) is 2. The lowest BCUT2D eigenvalue weighted by Crippen LogP contribution is -2.35. The van der Waals surface area contributed by atoms with E-state index in [1.165, 1.54) is 18.2 Å². The smallest absolute Gasteiger partial charge is 0.229 e. The minimum atomic E-state index is -0.525. The molecule has 1 aliphatic heterocycles. The second-order valence-electron chi connectivity index (χ2n) is 6.00. The Morgan fingerprint density at radius 2 is 2.05 bits per heavy atom. The molecule has 2 fully saturated rings.